The third-order valence-electron chi connectivity index (χ3n) is 10.9. The van der Waals surface area contributed by atoms with E-state index in [9.17, 15) is 14.4 Å². The molecule has 0 atom stereocenters. The molecule has 0 saturated heterocycles. The number of rotatable bonds is 42. The lowest BCUT2D eigenvalue weighted by Crippen LogP contribution is -3.19. The number of halogens is 1. The summed E-state index contributed by atoms with van der Waals surface area (Å²) in [5.41, 5.74) is 0. The molecule has 0 spiro atoms. The maximum atomic E-state index is 13.4. The molecule has 0 saturated carbocycles. The van der Waals surface area contributed by atoms with Crippen LogP contribution in [0.25, 0.3) is 0 Å². The Morgan fingerprint density at radius 1 is 0.288 bits per heavy atom. The van der Waals surface area contributed by atoms with E-state index in [4.69, 9.17) is 0 Å². The van der Waals surface area contributed by atoms with Crippen molar-refractivity contribution in [3.63, 3.8) is 0 Å². The molecule has 0 aliphatic heterocycles. The van der Waals surface area contributed by atoms with Gasteiger partial charge in [-0.05, 0) is 116 Å². The van der Waals surface area contributed by atoms with Crippen LogP contribution in [0.5, 0.6) is 0 Å². The van der Waals surface area contributed by atoms with E-state index in [2.05, 4.69) is 93.7 Å². The first kappa shape index (κ1) is 58.8. The summed E-state index contributed by atoms with van der Waals surface area (Å²) in [6.45, 7) is 6.73. The topological polar surface area (TPSA) is 55.6 Å². The van der Waals surface area contributed by atoms with E-state index in [1.165, 1.54) is 96.3 Å². The van der Waals surface area contributed by atoms with Crippen LogP contribution in [0, 0.1) is 0 Å². The Morgan fingerprint density at radius 2 is 0.492 bits per heavy atom. The van der Waals surface area contributed by atoms with Crippen molar-refractivity contribution >= 4 is 17.7 Å². The van der Waals surface area contributed by atoms with Crippen molar-refractivity contribution in [3.8, 4) is 0 Å². The summed E-state index contributed by atoms with van der Waals surface area (Å²) in [5, 5.41) is 0. The van der Waals surface area contributed by atoms with Gasteiger partial charge in [0, 0.05) is 0 Å². The van der Waals surface area contributed by atoms with Gasteiger partial charge in [0.15, 0.2) is 0 Å². The monoisotopic (exact) mass is 840 g/mol. The molecule has 0 aromatic rings. The summed E-state index contributed by atoms with van der Waals surface area (Å²) in [6.07, 6.45) is 65.4. The predicted octanol–water partition coefficient (Wildman–Crippen LogP) is 12.9. The first-order chi connectivity index (χ1) is 28.6. The van der Waals surface area contributed by atoms with Crippen molar-refractivity contribution in [1.82, 2.24) is 0 Å². The Kier molecular flexibility index (Phi) is 49.9. The number of allylic oxidation sites excluding steroid dienone is 12. The molecule has 0 aliphatic carbocycles. The van der Waals surface area contributed by atoms with Crippen molar-refractivity contribution in [2.75, 3.05) is 0 Å². The van der Waals surface area contributed by atoms with E-state index in [-0.39, 0.29) is 35.0 Å². The van der Waals surface area contributed by atoms with Gasteiger partial charge in [-0.25, -0.2) is 14.4 Å². The zero-order valence-corrected chi connectivity index (χ0v) is 39.7. The Bertz CT molecular complexity index is 979. The molecule has 0 fully saturated rings. The molecule has 0 rings (SSSR count). The lowest BCUT2D eigenvalue weighted by atomic mass is 10.1. The molecule has 5 heteroatoms. The van der Waals surface area contributed by atoms with Gasteiger partial charge in [-0.3, -0.25) is 0 Å². The van der Waals surface area contributed by atoms with Crippen molar-refractivity contribution in [2.45, 2.75) is 252 Å². The van der Waals surface area contributed by atoms with Crippen LogP contribution >= 0.6 is 0 Å². The van der Waals surface area contributed by atoms with Crippen molar-refractivity contribution in [3.05, 3.63) is 72.9 Å². The summed E-state index contributed by atoms with van der Waals surface area (Å²) in [4.78, 5) is 40.1. The van der Waals surface area contributed by atoms with Crippen LogP contribution in [0.1, 0.15) is 252 Å². The smallest absolute Gasteiger partial charge is 0.326 e. The molecule has 59 heavy (non-hydrogen) atoms. The maximum absolute atomic E-state index is 13.4. The van der Waals surface area contributed by atoms with Gasteiger partial charge in [-0.2, -0.15) is 0 Å². The largest absolute Gasteiger partial charge is 1.00 e. The molecule has 0 aliphatic rings. The second kappa shape index (κ2) is 50.1. The van der Waals surface area contributed by atoms with Gasteiger partial charge in [0.05, 0.1) is 19.3 Å². The molecule has 0 bridgehead atoms. The maximum Gasteiger partial charge on any atom is 0.326 e. The number of unbranched alkanes of at least 4 members (excludes halogenated alkanes) is 24. The van der Waals surface area contributed by atoms with Crippen LogP contribution in [-0.4, -0.2) is 17.7 Å². The average molecular weight is 841 g/mol. The lowest BCUT2D eigenvalue weighted by Gasteiger charge is -2.13. The number of carbonyl (C=O) groups is 3. The number of imide groups is 3. The zero-order chi connectivity index (χ0) is 42.3. The third kappa shape index (κ3) is 43.6. The Labute approximate surface area is 372 Å². The second-order valence-electron chi connectivity index (χ2n) is 16.6. The molecule has 1 N–H and O–H groups in total. The second-order valence-corrected chi connectivity index (χ2v) is 16.6. The van der Waals surface area contributed by atoms with E-state index < -0.39 is 0 Å². The van der Waals surface area contributed by atoms with E-state index in [0.29, 0.717) is 19.3 Å². The number of hydrogen-bond donors (Lipinski definition) is 1. The molecule has 0 heterocycles. The number of quaternary nitrogens is 1. The normalized spacial score (nSPS) is 12.2. The molecule has 340 valence electrons. The molecule has 0 radical (unpaired) electrons. The molecule has 0 unspecified atom stereocenters. The molecule has 4 nitrogen and oxygen atoms in total. The van der Waals surface area contributed by atoms with Crippen LogP contribution in [-0.2, 0) is 14.4 Å². The Hall–Kier alpha value is -2.30. The minimum atomic E-state index is -0.203. The summed E-state index contributed by atoms with van der Waals surface area (Å²) < 4.78 is 0. The number of hydrogen-bond acceptors (Lipinski definition) is 3. The highest BCUT2D eigenvalue weighted by atomic mass is 35.5. The highest BCUT2D eigenvalue weighted by Gasteiger charge is 2.33. The van der Waals surface area contributed by atoms with Crippen molar-refractivity contribution < 1.29 is 31.7 Å². The van der Waals surface area contributed by atoms with Crippen molar-refractivity contribution in [2.24, 2.45) is 0 Å². The minimum Gasteiger partial charge on any atom is -1.00 e. The van der Waals surface area contributed by atoms with E-state index >= 15 is 0 Å². The fourth-order valence-corrected chi connectivity index (χ4v) is 7.13. The van der Waals surface area contributed by atoms with Gasteiger partial charge >= 0.3 is 17.7 Å². The van der Waals surface area contributed by atoms with Gasteiger partial charge in [-0.1, -0.05) is 190 Å². The summed E-state index contributed by atoms with van der Waals surface area (Å²) in [6, 6.07) is 0. The molecule has 0 aromatic heterocycles. The minimum absolute atomic E-state index is 0. The molecule has 3 amide bonds. The van der Waals surface area contributed by atoms with Crippen LogP contribution in [0.2, 0.25) is 0 Å². The number of nitrogens with one attached hydrogen (secondary N) is 1. The first-order valence-corrected chi connectivity index (χ1v) is 24.9. The van der Waals surface area contributed by atoms with Crippen LogP contribution < -0.4 is 17.3 Å². The van der Waals surface area contributed by atoms with Gasteiger partial charge in [0.2, 0.25) is 0 Å². The van der Waals surface area contributed by atoms with Crippen LogP contribution in [0.3, 0.4) is 0 Å². The van der Waals surface area contributed by atoms with Crippen LogP contribution in [0.4, 0.5) is 0 Å². The summed E-state index contributed by atoms with van der Waals surface area (Å²) in [5.74, 6) is -0.609. The van der Waals surface area contributed by atoms with Crippen molar-refractivity contribution in [1.29, 1.82) is 0 Å². The SMILES string of the molecule is CCCCC/C=C\C/C=C\CCCCCCCC(=O)[NH+](C(=O)CCCCCCC/C=C\C/C=C\CCCCC)C(=O)CCCCCCC/C=C\C/C=C\CCCCC.[Cl-]. The highest BCUT2D eigenvalue weighted by molar-refractivity contribution is 5.93. The Balaban J connectivity index is 0. The Morgan fingerprint density at radius 3 is 0.729 bits per heavy atom. The van der Waals surface area contributed by atoms with E-state index in [0.717, 1.165) is 116 Å². The molecular weight excluding hydrogens is 746 g/mol. The van der Waals surface area contributed by atoms with Crippen LogP contribution in [0.15, 0.2) is 72.9 Å². The van der Waals surface area contributed by atoms with Gasteiger partial charge in [0.1, 0.15) is 0 Å². The number of amides is 3. The third-order valence-corrected chi connectivity index (χ3v) is 10.9. The average Bonchev–Trinajstić information content (AvgIpc) is 3.22. The highest BCUT2D eigenvalue weighted by Crippen LogP contribution is 2.11. The lowest BCUT2D eigenvalue weighted by molar-refractivity contribution is -0.658. The first-order valence-electron chi connectivity index (χ1n) is 24.9. The van der Waals surface area contributed by atoms with Gasteiger partial charge < -0.3 is 12.4 Å². The summed E-state index contributed by atoms with van der Waals surface area (Å²) in [7, 11) is 0. The van der Waals surface area contributed by atoms with E-state index in [1.807, 2.05) is 0 Å². The molecule has 0 aromatic carbocycles. The van der Waals surface area contributed by atoms with Gasteiger partial charge in [-0.15, -0.1) is 4.90 Å². The fraction of sp³-hybridized carbons (Fsp3) is 0.722. The standard InChI is InChI=1S/C54H93NO3.ClH/c1-4-7-10-13-16-19-22-25-28-31-34-37-40-43-46-49-52(56)55(53(57)50-47-44-41-38-35-32-29-26-23-20-17-14-11-8-5-2)54(58)51-48-45-42-39-36-33-30-27-24-21-18-15-12-9-6-3;/h16-21,25-30H,4-15,22-24,31-51H2,1-3H3;1H/b19-16-,20-17-,21-18-,28-25-,29-26-,30-27-;. The predicted molar refractivity (Wildman–Crippen MR) is 254 cm³/mol. The molecular formula is C54H94ClNO3. The summed E-state index contributed by atoms with van der Waals surface area (Å²) >= 11 is 0. The zero-order valence-electron chi connectivity index (χ0n) is 39.0. The van der Waals surface area contributed by atoms with Gasteiger partial charge in [0.25, 0.3) is 0 Å². The number of carbonyl (C=O) groups excluding carboxylic acids is 3. The quantitative estimate of drug-likeness (QED) is 0.0492. The fourth-order valence-electron chi connectivity index (χ4n) is 7.13. The van der Waals surface area contributed by atoms with E-state index in [1.54, 1.807) is 0 Å².